The van der Waals surface area contributed by atoms with E-state index >= 15 is 0 Å². The number of pyridine rings is 2. The Morgan fingerprint density at radius 3 is 1.41 bits per heavy atom. The van der Waals surface area contributed by atoms with Gasteiger partial charge in [-0.15, -0.1) is 0 Å². The molecule has 0 bridgehead atoms. The van der Waals surface area contributed by atoms with Gasteiger partial charge >= 0.3 is 0 Å². The lowest BCUT2D eigenvalue weighted by Gasteiger charge is -2.10. The average molecular weight is 617 g/mol. The van der Waals surface area contributed by atoms with Crippen LogP contribution in [0.5, 0.6) is 0 Å². The predicted molar refractivity (Wildman–Crippen MR) is 196 cm³/mol. The molecule has 0 amide bonds. The fourth-order valence-corrected chi connectivity index (χ4v) is 7.23. The monoisotopic (exact) mass is 616 g/mol. The quantitative estimate of drug-likeness (QED) is 0.100. The van der Waals surface area contributed by atoms with Gasteiger partial charge in [-0.05, 0) is 76.9 Å². The van der Waals surface area contributed by atoms with Crippen LogP contribution in [0.3, 0.4) is 0 Å². The molecule has 6 heteroatoms. The number of nitrogens with one attached hydrogen (secondary N) is 2. The Hall–Kier alpha value is -3.74. The molecule has 0 spiro atoms. The smallest absolute Gasteiger partial charge is 0.0707 e. The van der Waals surface area contributed by atoms with Gasteiger partial charge in [0.05, 0.1) is 33.8 Å². The van der Waals surface area contributed by atoms with Crippen molar-refractivity contribution in [3.8, 4) is 0 Å². The Bertz CT molecular complexity index is 1770. The van der Waals surface area contributed by atoms with E-state index in [1.165, 1.54) is 95.0 Å². The lowest BCUT2D eigenvalue weighted by Crippen LogP contribution is -2.17. The molecule has 6 aromatic rings. The molecule has 0 radical (unpaired) electrons. The van der Waals surface area contributed by atoms with E-state index in [1.54, 1.807) is 0 Å². The average Bonchev–Trinajstić information content (AvgIpc) is 3.56. The minimum absolute atomic E-state index is 0.820. The maximum absolute atomic E-state index is 5.01. The van der Waals surface area contributed by atoms with Crippen molar-refractivity contribution in [1.82, 2.24) is 29.7 Å². The van der Waals surface area contributed by atoms with Crippen LogP contribution in [-0.2, 0) is 26.2 Å². The van der Waals surface area contributed by atoms with Crippen molar-refractivity contribution in [2.24, 2.45) is 0 Å². The summed E-state index contributed by atoms with van der Waals surface area (Å²) in [6, 6.07) is 22.3. The van der Waals surface area contributed by atoms with Gasteiger partial charge in [0.2, 0.25) is 0 Å². The number of aromatic nitrogens is 4. The summed E-state index contributed by atoms with van der Waals surface area (Å²) in [5.74, 6) is 0. The minimum atomic E-state index is 0.820. The number of para-hydroxylation sites is 2. The molecular formula is C40H52N6. The fourth-order valence-electron chi connectivity index (χ4n) is 7.23. The molecule has 0 unspecified atom stereocenters. The first-order valence-corrected chi connectivity index (χ1v) is 17.8. The highest BCUT2D eigenvalue weighted by Gasteiger charge is 2.15. The van der Waals surface area contributed by atoms with Gasteiger partial charge in [-0.1, -0.05) is 75.9 Å². The molecule has 0 aliphatic heterocycles. The summed E-state index contributed by atoms with van der Waals surface area (Å²) in [5.41, 5.74) is 9.81. The third-order valence-electron chi connectivity index (χ3n) is 9.49. The first-order chi connectivity index (χ1) is 22.6. The highest BCUT2D eigenvalue weighted by atomic mass is 15.0. The van der Waals surface area contributed by atoms with E-state index in [9.17, 15) is 0 Å². The molecule has 242 valence electrons. The van der Waals surface area contributed by atoms with Crippen molar-refractivity contribution in [1.29, 1.82) is 0 Å². The van der Waals surface area contributed by atoms with Crippen LogP contribution in [0.4, 0.5) is 0 Å². The minimum Gasteiger partial charge on any atom is -0.339 e. The maximum Gasteiger partial charge on any atom is 0.0707 e. The first kappa shape index (κ1) is 32.2. The van der Waals surface area contributed by atoms with Crippen LogP contribution in [0.25, 0.3) is 43.6 Å². The molecular weight excluding hydrogens is 564 g/mol. The normalized spacial score (nSPS) is 12.0. The van der Waals surface area contributed by atoms with Crippen LogP contribution < -0.4 is 10.6 Å². The topological polar surface area (TPSA) is 59.7 Å². The van der Waals surface area contributed by atoms with Crippen molar-refractivity contribution < 1.29 is 0 Å². The van der Waals surface area contributed by atoms with Crippen LogP contribution in [0, 0.1) is 13.8 Å². The highest BCUT2D eigenvalue weighted by Crippen LogP contribution is 2.33. The van der Waals surface area contributed by atoms with E-state index in [2.05, 4.69) is 108 Å². The second kappa shape index (κ2) is 15.2. The number of rotatable bonds is 17. The number of aryl methyl sites for hydroxylation is 4. The summed E-state index contributed by atoms with van der Waals surface area (Å²) >= 11 is 0. The number of fused-ring (bicyclic) bond motifs is 6. The Morgan fingerprint density at radius 2 is 0.978 bits per heavy atom. The van der Waals surface area contributed by atoms with E-state index in [1.807, 2.05) is 0 Å². The highest BCUT2D eigenvalue weighted by molar-refractivity contribution is 6.09. The molecule has 4 aromatic heterocycles. The second-order valence-corrected chi connectivity index (χ2v) is 13.0. The van der Waals surface area contributed by atoms with Crippen LogP contribution in [0.2, 0.25) is 0 Å². The van der Waals surface area contributed by atoms with Crippen molar-refractivity contribution in [2.75, 3.05) is 13.1 Å². The van der Waals surface area contributed by atoms with Crippen LogP contribution in [0.15, 0.2) is 60.7 Å². The van der Waals surface area contributed by atoms with Crippen molar-refractivity contribution in [2.45, 2.75) is 105 Å². The fraction of sp³-hybridized carbons (Fsp3) is 0.450. The van der Waals surface area contributed by atoms with Crippen molar-refractivity contribution >= 4 is 43.6 Å². The van der Waals surface area contributed by atoms with E-state index in [0.29, 0.717) is 0 Å². The molecule has 0 aliphatic carbocycles. The zero-order chi connectivity index (χ0) is 31.9. The summed E-state index contributed by atoms with van der Waals surface area (Å²) in [7, 11) is 0. The number of benzene rings is 2. The first-order valence-electron chi connectivity index (χ1n) is 17.8. The van der Waals surface area contributed by atoms with Gasteiger partial charge < -0.3 is 19.8 Å². The maximum atomic E-state index is 5.01. The Kier molecular flexibility index (Phi) is 10.7. The predicted octanol–water partition coefficient (Wildman–Crippen LogP) is 9.35. The summed E-state index contributed by atoms with van der Waals surface area (Å²) in [4.78, 5) is 10.0. The van der Waals surface area contributed by atoms with Gasteiger partial charge in [0, 0.05) is 58.8 Å². The SMILES string of the molecule is CCCCn1c2ccccc2c2cc(CNCCCCCCNCc3cc4c5ccccc5n(CCCC)c4c(C)n3)nc(C)c21. The molecule has 2 aromatic carbocycles. The Morgan fingerprint density at radius 1 is 0.543 bits per heavy atom. The third-order valence-corrected chi connectivity index (χ3v) is 9.49. The molecule has 4 heterocycles. The van der Waals surface area contributed by atoms with Gasteiger partial charge in [0.15, 0.2) is 0 Å². The molecule has 0 saturated heterocycles. The second-order valence-electron chi connectivity index (χ2n) is 13.0. The van der Waals surface area contributed by atoms with Gasteiger partial charge in [0.25, 0.3) is 0 Å². The number of unbranched alkanes of at least 4 members (excludes halogenated alkanes) is 5. The Balaban J connectivity index is 0.947. The number of nitrogens with zero attached hydrogens (tertiary/aromatic N) is 4. The number of hydrogen-bond acceptors (Lipinski definition) is 4. The summed E-state index contributed by atoms with van der Waals surface area (Å²) in [6.45, 7) is 14.7. The summed E-state index contributed by atoms with van der Waals surface area (Å²) in [5, 5.41) is 12.7. The van der Waals surface area contributed by atoms with Crippen LogP contribution in [0.1, 0.15) is 88.0 Å². The van der Waals surface area contributed by atoms with Crippen molar-refractivity contribution in [3.05, 3.63) is 83.4 Å². The largest absolute Gasteiger partial charge is 0.339 e. The zero-order valence-corrected chi connectivity index (χ0v) is 28.5. The molecule has 2 N–H and O–H groups in total. The summed E-state index contributed by atoms with van der Waals surface area (Å²) in [6.07, 6.45) is 9.63. The standard InChI is InChI=1S/C40H52N6/c1-5-7-23-45-37-19-13-11-17-33(37)35-25-31(43-29(3)39(35)45)27-41-21-15-9-10-16-22-42-28-32-26-36-34-18-12-14-20-38(34)46(24-8-6-2)40(36)30(4)44-32/h11-14,17-20,25-26,41-42H,5-10,15-16,21-24,27-28H2,1-4H3. The molecule has 46 heavy (non-hydrogen) atoms. The molecule has 6 rings (SSSR count). The molecule has 0 saturated carbocycles. The molecule has 0 aliphatic rings. The Labute approximate surface area is 274 Å². The lowest BCUT2D eigenvalue weighted by molar-refractivity contribution is 0.559. The van der Waals surface area contributed by atoms with Crippen LogP contribution in [-0.4, -0.2) is 32.2 Å². The van der Waals surface area contributed by atoms with E-state index in [4.69, 9.17) is 9.97 Å². The molecule has 6 nitrogen and oxygen atoms in total. The molecule has 0 atom stereocenters. The van der Waals surface area contributed by atoms with Crippen LogP contribution >= 0.6 is 0 Å². The van der Waals surface area contributed by atoms with Gasteiger partial charge in [-0.2, -0.15) is 0 Å². The van der Waals surface area contributed by atoms with E-state index in [-0.39, 0.29) is 0 Å². The van der Waals surface area contributed by atoms with E-state index < -0.39 is 0 Å². The van der Waals surface area contributed by atoms with Gasteiger partial charge in [-0.3, -0.25) is 9.97 Å². The molecule has 0 fully saturated rings. The third kappa shape index (κ3) is 6.84. The summed E-state index contributed by atoms with van der Waals surface area (Å²) < 4.78 is 4.96. The zero-order valence-electron chi connectivity index (χ0n) is 28.5. The van der Waals surface area contributed by atoms with Gasteiger partial charge in [0.1, 0.15) is 0 Å². The number of hydrogen-bond donors (Lipinski definition) is 2. The van der Waals surface area contributed by atoms with E-state index in [0.717, 1.165) is 62.0 Å². The van der Waals surface area contributed by atoms with Crippen molar-refractivity contribution in [3.63, 3.8) is 0 Å². The lowest BCUT2D eigenvalue weighted by atomic mass is 10.1. The van der Waals surface area contributed by atoms with Gasteiger partial charge in [-0.25, -0.2) is 0 Å².